The minimum atomic E-state index is -0.346. The largest absolute Gasteiger partial charge is 0.507 e. The molecule has 0 aromatic heterocycles. The first kappa shape index (κ1) is 19.5. The first-order valence-electron chi connectivity index (χ1n) is 9.44. The number of hydrogen-bond donors (Lipinski definition) is 2. The van der Waals surface area contributed by atoms with Crippen LogP contribution >= 0.6 is 0 Å². The molecule has 0 radical (unpaired) electrons. The van der Waals surface area contributed by atoms with Crippen LogP contribution in [0, 0.1) is 0 Å². The van der Waals surface area contributed by atoms with Crippen molar-refractivity contribution in [2.45, 2.75) is 26.2 Å². The van der Waals surface area contributed by atoms with E-state index in [0.29, 0.717) is 18.0 Å². The van der Waals surface area contributed by atoms with Gasteiger partial charge in [-0.25, -0.2) is 0 Å². The van der Waals surface area contributed by atoms with Crippen molar-refractivity contribution in [2.75, 3.05) is 11.9 Å². The number of anilines is 1. The topological polar surface area (TPSA) is 58.6 Å². The highest BCUT2D eigenvalue weighted by molar-refractivity contribution is 6.06. The van der Waals surface area contributed by atoms with Crippen LogP contribution in [0.3, 0.4) is 0 Å². The number of amides is 1. The highest BCUT2D eigenvalue weighted by Crippen LogP contribution is 2.29. The number of phenols is 1. The maximum absolute atomic E-state index is 12.6. The Morgan fingerprint density at radius 1 is 1.00 bits per heavy atom. The molecule has 4 nitrogen and oxygen atoms in total. The van der Waals surface area contributed by atoms with Crippen LogP contribution < -0.4 is 10.1 Å². The van der Waals surface area contributed by atoms with E-state index in [0.717, 1.165) is 12.0 Å². The van der Waals surface area contributed by atoms with E-state index in [4.69, 9.17) is 4.74 Å². The molecule has 0 atom stereocenters. The number of rotatable bonds is 7. The summed E-state index contributed by atoms with van der Waals surface area (Å²) in [6.45, 7) is 4.51. The van der Waals surface area contributed by atoms with Crippen molar-refractivity contribution in [1.29, 1.82) is 0 Å². The van der Waals surface area contributed by atoms with Crippen molar-refractivity contribution in [3.63, 3.8) is 0 Å². The van der Waals surface area contributed by atoms with E-state index in [-0.39, 0.29) is 23.1 Å². The number of ether oxygens (including phenoxy) is 1. The Morgan fingerprint density at radius 3 is 2.50 bits per heavy atom. The van der Waals surface area contributed by atoms with E-state index in [1.54, 1.807) is 24.3 Å². The van der Waals surface area contributed by atoms with Crippen LogP contribution in [0.2, 0.25) is 0 Å². The molecule has 2 N–H and O–H groups in total. The van der Waals surface area contributed by atoms with Gasteiger partial charge in [0.15, 0.2) is 0 Å². The minimum absolute atomic E-state index is 0.0327. The molecule has 0 saturated carbocycles. The van der Waals surface area contributed by atoms with Gasteiger partial charge in [-0.05, 0) is 35.2 Å². The van der Waals surface area contributed by atoms with Gasteiger partial charge in [-0.1, -0.05) is 62.4 Å². The number of benzene rings is 3. The monoisotopic (exact) mass is 375 g/mol. The van der Waals surface area contributed by atoms with Crippen molar-refractivity contribution in [2.24, 2.45) is 0 Å². The standard InChI is InChI=1S/C24H25NO3/c1-17(2)21-12-7-13-22(23(21)26)24(27)25-19-10-6-11-20(16-19)28-15-14-18-8-4-3-5-9-18/h3-13,16-17,26H,14-15H2,1-2H3,(H,25,27). The van der Waals surface area contributed by atoms with Gasteiger partial charge in [-0.2, -0.15) is 0 Å². The van der Waals surface area contributed by atoms with Gasteiger partial charge in [-0.3, -0.25) is 4.79 Å². The Balaban J connectivity index is 1.64. The van der Waals surface area contributed by atoms with E-state index in [9.17, 15) is 9.90 Å². The van der Waals surface area contributed by atoms with Gasteiger partial charge in [0, 0.05) is 18.2 Å². The lowest BCUT2D eigenvalue weighted by Crippen LogP contribution is -2.13. The molecule has 4 heteroatoms. The molecular formula is C24H25NO3. The normalized spacial score (nSPS) is 10.7. The lowest BCUT2D eigenvalue weighted by atomic mass is 9.99. The van der Waals surface area contributed by atoms with Gasteiger partial charge in [0.05, 0.1) is 12.2 Å². The molecule has 0 spiro atoms. The SMILES string of the molecule is CC(C)c1cccc(C(=O)Nc2cccc(OCCc3ccccc3)c2)c1O. The van der Waals surface area contributed by atoms with E-state index >= 15 is 0 Å². The molecule has 3 aromatic carbocycles. The lowest BCUT2D eigenvalue weighted by Gasteiger charge is -2.13. The highest BCUT2D eigenvalue weighted by Gasteiger charge is 2.16. The molecule has 28 heavy (non-hydrogen) atoms. The lowest BCUT2D eigenvalue weighted by molar-refractivity contribution is 0.102. The fraction of sp³-hybridized carbons (Fsp3) is 0.208. The number of nitrogens with one attached hydrogen (secondary N) is 1. The van der Waals surface area contributed by atoms with Crippen LogP contribution in [0.25, 0.3) is 0 Å². The molecule has 0 aliphatic heterocycles. The summed E-state index contributed by atoms with van der Waals surface area (Å²) in [7, 11) is 0. The second kappa shape index (κ2) is 9.09. The van der Waals surface area contributed by atoms with Gasteiger partial charge >= 0.3 is 0 Å². The Bertz CT molecular complexity index is 936. The fourth-order valence-electron chi connectivity index (χ4n) is 3.00. The average molecular weight is 375 g/mol. The van der Waals surface area contributed by atoms with Crippen LogP contribution in [-0.4, -0.2) is 17.6 Å². The maximum Gasteiger partial charge on any atom is 0.259 e. The maximum atomic E-state index is 12.6. The minimum Gasteiger partial charge on any atom is -0.507 e. The third-order valence-electron chi connectivity index (χ3n) is 4.53. The molecule has 1 amide bonds. The van der Waals surface area contributed by atoms with Gasteiger partial charge in [0.1, 0.15) is 11.5 Å². The molecule has 0 fully saturated rings. The quantitative estimate of drug-likeness (QED) is 0.582. The molecule has 3 rings (SSSR count). The molecular weight excluding hydrogens is 350 g/mol. The van der Waals surface area contributed by atoms with Gasteiger partial charge in [0.25, 0.3) is 5.91 Å². The molecule has 0 heterocycles. The zero-order valence-electron chi connectivity index (χ0n) is 16.2. The molecule has 0 aliphatic rings. The van der Waals surface area contributed by atoms with E-state index in [1.807, 2.05) is 50.2 Å². The Kier molecular flexibility index (Phi) is 6.33. The third-order valence-corrected chi connectivity index (χ3v) is 4.53. The smallest absolute Gasteiger partial charge is 0.259 e. The highest BCUT2D eigenvalue weighted by atomic mass is 16.5. The second-order valence-corrected chi connectivity index (χ2v) is 6.96. The van der Waals surface area contributed by atoms with E-state index in [1.165, 1.54) is 5.56 Å². The van der Waals surface area contributed by atoms with Gasteiger partial charge in [-0.15, -0.1) is 0 Å². The predicted molar refractivity (Wildman–Crippen MR) is 112 cm³/mol. The van der Waals surface area contributed by atoms with Crippen LogP contribution in [0.5, 0.6) is 11.5 Å². The number of hydrogen-bond acceptors (Lipinski definition) is 3. The number of carbonyl (C=O) groups excluding carboxylic acids is 1. The van der Waals surface area contributed by atoms with Crippen molar-refractivity contribution >= 4 is 11.6 Å². The summed E-state index contributed by atoms with van der Waals surface area (Å²) in [5.74, 6) is 0.509. The number of aromatic hydroxyl groups is 1. The Hall–Kier alpha value is -3.27. The molecule has 0 aliphatic carbocycles. The van der Waals surface area contributed by atoms with Crippen molar-refractivity contribution in [3.8, 4) is 11.5 Å². The molecule has 0 unspecified atom stereocenters. The summed E-state index contributed by atoms with van der Waals surface area (Å²) in [5.41, 5.74) is 2.86. The summed E-state index contributed by atoms with van der Waals surface area (Å²) < 4.78 is 5.81. The van der Waals surface area contributed by atoms with Crippen molar-refractivity contribution in [3.05, 3.63) is 89.5 Å². The fourth-order valence-corrected chi connectivity index (χ4v) is 3.00. The van der Waals surface area contributed by atoms with E-state index in [2.05, 4.69) is 17.4 Å². The summed E-state index contributed by atoms with van der Waals surface area (Å²) in [6.07, 6.45) is 0.813. The summed E-state index contributed by atoms with van der Waals surface area (Å²) >= 11 is 0. The zero-order chi connectivity index (χ0) is 19.9. The van der Waals surface area contributed by atoms with Gasteiger partial charge < -0.3 is 15.2 Å². The number of carbonyl (C=O) groups is 1. The molecule has 3 aromatic rings. The predicted octanol–water partition coefficient (Wildman–Crippen LogP) is 5.39. The van der Waals surface area contributed by atoms with Crippen LogP contribution in [0.1, 0.15) is 41.3 Å². The number of phenolic OH excluding ortho intramolecular Hbond substituents is 1. The summed E-state index contributed by atoms with van der Waals surface area (Å²) in [6, 6.07) is 22.7. The molecule has 0 bridgehead atoms. The average Bonchev–Trinajstić information content (AvgIpc) is 2.69. The molecule has 144 valence electrons. The number of para-hydroxylation sites is 1. The van der Waals surface area contributed by atoms with Crippen molar-refractivity contribution < 1.29 is 14.6 Å². The third kappa shape index (κ3) is 4.92. The summed E-state index contributed by atoms with van der Waals surface area (Å²) in [5, 5.41) is 13.2. The first-order valence-corrected chi connectivity index (χ1v) is 9.44. The van der Waals surface area contributed by atoms with Crippen LogP contribution in [0.15, 0.2) is 72.8 Å². The second-order valence-electron chi connectivity index (χ2n) is 6.96. The Morgan fingerprint density at radius 2 is 1.75 bits per heavy atom. The first-order chi connectivity index (χ1) is 13.5. The summed E-state index contributed by atoms with van der Waals surface area (Å²) in [4.78, 5) is 12.6. The Labute approximate surface area is 165 Å². The van der Waals surface area contributed by atoms with Crippen LogP contribution in [-0.2, 0) is 6.42 Å². The van der Waals surface area contributed by atoms with Crippen LogP contribution in [0.4, 0.5) is 5.69 Å². The van der Waals surface area contributed by atoms with Gasteiger partial charge in [0.2, 0.25) is 0 Å². The van der Waals surface area contributed by atoms with Crippen molar-refractivity contribution in [1.82, 2.24) is 0 Å². The van der Waals surface area contributed by atoms with E-state index < -0.39 is 0 Å². The molecule has 0 saturated heterocycles. The zero-order valence-corrected chi connectivity index (χ0v) is 16.2.